The average Bonchev–Trinajstić information content (AvgIpc) is 3.01. The fourth-order valence-electron chi connectivity index (χ4n) is 2.83. The molecule has 3 rings (SSSR count). The van der Waals surface area contributed by atoms with Gasteiger partial charge in [0.2, 0.25) is 11.8 Å². The average molecular weight is 383 g/mol. The predicted molar refractivity (Wildman–Crippen MR) is 104 cm³/mol. The van der Waals surface area contributed by atoms with Crippen LogP contribution in [0.1, 0.15) is 6.42 Å². The van der Waals surface area contributed by atoms with Crippen LogP contribution in [0.4, 0.5) is 5.69 Å². The van der Waals surface area contributed by atoms with Gasteiger partial charge in [0, 0.05) is 31.8 Å². The second-order valence-electron chi connectivity index (χ2n) is 6.27. The zero-order valence-corrected chi connectivity index (χ0v) is 15.7. The molecule has 1 heterocycles. The smallest absolute Gasteiger partial charge is 0.419 e. The number of hydrogen-bond donors (Lipinski definition) is 1. The molecule has 0 unspecified atom stereocenters. The summed E-state index contributed by atoms with van der Waals surface area (Å²) in [5.74, 6) is -0.458. The molecule has 1 aromatic heterocycles. The van der Waals surface area contributed by atoms with Gasteiger partial charge in [-0.1, -0.05) is 18.2 Å². The van der Waals surface area contributed by atoms with Crippen molar-refractivity contribution in [2.45, 2.75) is 13.0 Å². The Bertz CT molecular complexity index is 1050. The van der Waals surface area contributed by atoms with Gasteiger partial charge in [0.25, 0.3) is 0 Å². The van der Waals surface area contributed by atoms with Crippen LogP contribution in [0.2, 0.25) is 0 Å². The lowest BCUT2D eigenvalue weighted by Gasteiger charge is -2.17. The second-order valence-corrected chi connectivity index (χ2v) is 6.27. The molecule has 3 aromatic rings. The van der Waals surface area contributed by atoms with Gasteiger partial charge < -0.3 is 19.4 Å². The number of fused-ring (bicyclic) bond motifs is 1. The summed E-state index contributed by atoms with van der Waals surface area (Å²) in [6.07, 6.45) is 0.0758. The molecule has 0 saturated carbocycles. The molecule has 0 saturated heterocycles. The number of anilines is 1. The highest BCUT2D eigenvalue weighted by atomic mass is 16.5. The molecule has 8 heteroatoms. The number of aromatic nitrogens is 1. The van der Waals surface area contributed by atoms with E-state index in [1.807, 2.05) is 0 Å². The van der Waals surface area contributed by atoms with Gasteiger partial charge in [-0.2, -0.15) is 0 Å². The Kier molecular flexibility index (Phi) is 5.78. The maximum atomic E-state index is 12.4. The summed E-state index contributed by atoms with van der Waals surface area (Å²) in [5.41, 5.74) is 1.70. The van der Waals surface area contributed by atoms with Gasteiger partial charge in [-0.05, 0) is 24.3 Å². The molecule has 0 atom stereocenters. The first-order valence-electron chi connectivity index (χ1n) is 8.74. The van der Waals surface area contributed by atoms with E-state index >= 15 is 0 Å². The second kappa shape index (κ2) is 8.43. The Balaban J connectivity index is 1.56. The lowest BCUT2D eigenvalue weighted by atomic mass is 10.3. The molecule has 0 bridgehead atoms. The topological polar surface area (TPSA) is 93.8 Å². The van der Waals surface area contributed by atoms with E-state index in [0.717, 1.165) is 0 Å². The van der Waals surface area contributed by atoms with Gasteiger partial charge in [0.15, 0.2) is 5.58 Å². The Labute approximate surface area is 161 Å². The summed E-state index contributed by atoms with van der Waals surface area (Å²) in [7, 11) is 3.09. The first kappa shape index (κ1) is 19.2. The monoisotopic (exact) mass is 383 g/mol. The van der Waals surface area contributed by atoms with E-state index < -0.39 is 5.76 Å². The third-order valence-corrected chi connectivity index (χ3v) is 4.28. The maximum Gasteiger partial charge on any atom is 0.419 e. The predicted octanol–water partition coefficient (Wildman–Crippen LogP) is 2.09. The van der Waals surface area contributed by atoms with Crippen molar-refractivity contribution >= 4 is 28.6 Å². The van der Waals surface area contributed by atoms with E-state index in [0.29, 0.717) is 22.5 Å². The Hall–Kier alpha value is -3.55. The van der Waals surface area contributed by atoms with Crippen LogP contribution in [0.15, 0.2) is 57.7 Å². The summed E-state index contributed by atoms with van der Waals surface area (Å²) in [6, 6.07) is 14.0. The van der Waals surface area contributed by atoms with E-state index in [2.05, 4.69) is 5.32 Å². The molecule has 2 aromatic carbocycles. The standard InChI is InChI=1S/C20H21N3O5/c1-22(13-18(24)21-14-6-5-7-15(12-14)27-2)19(25)10-11-23-16-8-3-4-9-17(16)28-20(23)26/h3-9,12H,10-11,13H2,1-2H3,(H,21,24). The molecule has 0 spiro atoms. The lowest BCUT2D eigenvalue weighted by Crippen LogP contribution is -2.35. The molecule has 28 heavy (non-hydrogen) atoms. The van der Waals surface area contributed by atoms with E-state index in [-0.39, 0.29) is 31.3 Å². The third-order valence-electron chi connectivity index (χ3n) is 4.28. The molecule has 0 radical (unpaired) electrons. The van der Waals surface area contributed by atoms with Crippen molar-refractivity contribution in [1.82, 2.24) is 9.47 Å². The van der Waals surface area contributed by atoms with Crippen molar-refractivity contribution in [1.29, 1.82) is 0 Å². The quantitative estimate of drug-likeness (QED) is 0.674. The van der Waals surface area contributed by atoms with Crippen molar-refractivity contribution in [3.05, 3.63) is 59.1 Å². The number of benzene rings is 2. The van der Waals surface area contributed by atoms with Crippen molar-refractivity contribution < 1.29 is 18.7 Å². The van der Waals surface area contributed by atoms with Crippen LogP contribution < -0.4 is 15.8 Å². The number of carbonyl (C=O) groups excluding carboxylic acids is 2. The number of aryl methyl sites for hydroxylation is 1. The minimum absolute atomic E-state index is 0.0758. The molecule has 0 aliphatic rings. The lowest BCUT2D eigenvalue weighted by molar-refractivity contribution is -0.133. The summed E-state index contributed by atoms with van der Waals surface area (Å²) in [4.78, 5) is 37.8. The molecule has 0 fully saturated rings. The molecular weight excluding hydrogens is 362 g/mol. The van der Waals surface area contributed by atoms with Crippen molar-refractivity contribution in [2.24, 2.45) is 0 Å². The van der Waals surface area contributed by atoms with Crippen LogP contribution in [-0.2, 0) is 16.1 Å². The molecule has 2 amide bonds. The van der Waals surface area contributed by atoms with E-state index in [4.69, 9.17) is 9.15 Å². The molecule has 146 valence electrons. The Morgan fingerprint density at radius 3 is 2.75 bits per heavy atom. The number of hydrogen-bond acceptors (Lipinski definition) is 5. The van der Waals surface area contributed by atoms with Crippen LogP contribution in [0.3, 0.4) is 0 Å². The Morgan fingerprint density at radius 2 is 1.96 bits per heavy atom. The first-order valence-corrected chi connectivity index (χ1v) is 8.74. The minimum Gasteiger partial charge on any atom is -0.497 e. The number of amides is 2. The summed E-state index contributed by atoms with van der Waals surface area (Å²) in [5, 5.41) is 2.72. The van der Waals surface area contributed by atoms with Crippen molar-refractivity contribution in [3.63, 3.8) is 0 Å². The number of ether oxygens (including phenoxy) is 1. The van der Waals surface area contributed by atoms with E-state index in [9.17, 15) is 14.4 Å². The van der Waals surface area contributed by atoms with E-state index in [1.54, 1.807) is 62.7 Å². The van der Waals surface area contributed by atoms with E-state index in [1.165, 1.54) is 9.47 Å². The fourth-order valence-corrected chi connectivity index (χ4v) is 2.83. The van der Waals surface area contributed by atoms with Crippen LogP contribution in [0, 0.1) is 0 Å². The highest BCUT2D eigenvalue weighted by molar-refractivity contribution is 5.94. The molecule has 0 aliphatic carbocycles. The van der Waals surface area contributed by atoms with Crippen LogP contribution in [-0.4, -0.2) is 42.0 Å². The van der Waals surface area contributed by atoms with Crippen LogP contribution in [0.5, 0.6) is 5.75 Å². The Morgan fingerprint density at radius 1 is 1.18 bits per heavy atom. The van der Waals surface area contributed by atoms with Crippen LogP contribution >= 0.6 is 0 Å². The summed E-state index contributed by atoms with van der Waals surface area (Å²) in [6.45, 7) is 0.0770. The van der Waals surface area contributed by atoms with Gasteiger partial charge in [-0.15, -0.1) is 0 Å². The number of para-hydroxylation sites is 2. The first-order chi connectivity index (χ1) is 13.5. The molecule has 8 nitrogen and oxygen atoms in total. The number of rotatable bonds is 7. The van der Waals surface area contributed by atoms with Crippen LogP contribution in [0.25, 0.3) is 11.1 Å². The number of likely N-dealkylation sites (N-methyl/N-ethyl adjacent to an activating group) is 1. The van der Waals surface area contributed by atoms with Crippen molar-refractivity contribution in [3.8, 4) is 5.75 Å². The number of carbonyl (C=O) groups is 2. The number of nitrogens with one attached hydrogen (secondary N) is 1. The molecule has 0 aliphatic heterocycles. The zero-order chi connectivity index (χ0) is 20.1. The van der Waals surface area contributed by atoms with Gasteiger partial charge in [0.05, 0.1) is 19.2 Å². The maximum absolute atomic E-state index is 12.4. The highest BCUT2D eigenvalue weighted by Crippen LogP contribution is 2.16. The molecular formula is C20H21N3O5. The van der Waals surface area contributed by atoms with Gasteiger partial charge >= 0.3 is 5.76 Å². The summed E-state index contributed by atoms with van der Waals surface area (Å²) < 4.78 is 11.7. The summed E-state index contributed by atoms with van der Waals surface area (Å²) >= 11 is 0. The highest BCUT2D eigenvalue weighted by Gasteiger charge is 2.15. The zero-order valence-electron chi connectivity index (χ0n) is 15.7. The minimum atomic E-state index is -0.507. The van der Waals surface area contributed by atoms with Gasteiger partial charge in [-0.3, -0.25) is 14.2 Å². The number of oxazole rings is 1. The number of nitrogens with zero attached hydrogens (tertiary/aromatic N) is 2. The number of methoxy groups -OCH3 is 1. The normalized spacial score (nSPS) is 10.6. The SMILES string of the molecule is COc1cccc(NC(=O)CN(C)C(=O)CCn2c(=O)oc3ccccc32)c1. The fraction of sp³-hybridized carbons (Fsp3) is 0.250. The largest absolute Gasteiger partial charge is 0.497 e. The van der Waals surface area contributed by atoms with Gasteiger partial charge in [0.1, 0.15) is 5.75 Å². The van der Waals surface area contributed by atoms with Crippen molar-refractivity contribution in [2.75, 3.05) is 26.0 Å². The molecule has 1 N–H and O–H groups in total. The third kappa shape index (κ3) is 4.40. The van der Waals surface area contributed by atoms with Gasteiger partial charge in [-0.25, -0.2) is 4.79 Å².